The smallest absolute Gasteiger partial charge is 0.281 e. The van der Waals surface area contributed by atoms with Crippen molar-refractivity contribution in [3.63, 3.8) is 0 Å². The highest BCUT2D eigenvalue weighted by atomic mass is 16.6. The van der Waals surface area contributed by atoms with Crippen LogP contribution in [0.1, 0.15) is 6.92 Å². The molecule has 0 fully saturated rings. The third kappa shape index (κ3) is 1.87. The van der Waals surface area contributed by atoms with Crippen LogP contribution in [0.4, 0.5) is 5.69 Å². The Kier molecular flexibility index (Phi) is 2.82. The molecule has 0 aromatic heterocycles. The molecule has 0 aliphatic heterocycles. The number of nitrogens with zero attached hydrogens (tertiary/aromatic N) is 1. The zero-order valence-corrected chi connectivity index (χ0v) is 9.21. The summed E-state index contributed by atoms with van der Waals surface area (Å²) in [7, 11) is 0. The van der Waals surface area contributed by atoms with Crippen LogP contribution in [0.25, 0.3) is 10.8 Å². The van der Waals surface area contributed by atoms with Gasteiger partial charge in [-0.2, -0.15) is 0 Å². The van der Waals surface area contributed by atoms with Gasteiger partial charge in [-0.25, -0.2) is 0 Å². The maximum atomic E-state index is 10.9. The number of hydrogen-bond acceptors (Lipinski definition) is 4. The van der Waals surface area contributed by atoms with E-state index in [1.54, 1.807) is 31.2 Å². The molecule has 0 atom stereocenters. The van der Waals surface area contributed by atoms with Crippen LogP contribution in [0.5, 0.6) is 11.5 Å². The van der Waals surface area contributed by atoms with Crippen LogP contribution >= 0.6 is 0 Å². The van der Waals surface area contributed by atoms with Gasteiger partial charge in [0.2, 0.25) is 0 Å². The molecule has 0 saturated heterocycles. The van der Waals surface area contributed by atoms with Crippen LogP contribution in [0.3, 0.4) is 0 Å². The molecule has 5 heteroatoms. The second-order valence-corrected chi connectivity index (χ2v) is 3.48. The van der Waals surface area contributed by atoms with E-state index in [0.29, 0.717) is 17.4 Å². The lowest BCUT2D eigenvalue weighted by Gasteiger charge is -2.09. The first-order chi connectivity index (χ1) is 8.15. The number of aromatic hydroxyl groups is 1. The monoisotopic (exact) mass is 233 g/mol. The average Bonchev–Trinajstić information content (AvgIpc) is 2.32. The largest absolute Gasteiger partial charge is 0.504 e. The molecular formula is C12H11NO4. The molecule has 17 heavy (non-hydrogen) atoms. The van der Waals surface area contributed by atoms with Gasteiger partial charge in [0, 0.05) is 5.39 Å². The number of non-ortho nitro benzene ring substituents is 1. The third-order valence-electron chi connectivity index (χ3n) is 2.44. The van der Waals surface area contributed by atoms with Crippen molar-refractivity contribution in [2.45, 2.75) is 6.92 Å². The van der Waals surface area contributed by atoms with Crippen molar-refractivity contribution in [2.24, 2.45) is 0 Å². The molecule has 0 saturated carbocycles. The van der Waals surface area contributed by atoms with Gasteiger partial charge in [0.25, 0.3) is 5.69 Å². The molecule has 2 aromatic rings. The number of ether oxygens (including phenoxy) is 1. The molecule has 0 radical (unpaired) electrons. The zero-order chi connectivity index (χ0) is 12.4. The molecule has 0 spiro atoms. The molecule has 2 aromatic carbocycles. The molecule has 2 rings (SSSR count). The molecule has 1 N–H and O–H groups in total. The van der Waals surface area contributed by atoms with E-state index in [4.69, 9.17) is 4.74 Å². The molecule has 0 heterocycles. The molecule has 88 valence electrons. The van der Waals surface area contributed by atoms with Gasteiger partial charge in [-0.05, 0) is 13.0 Å². The van der Waals surface area contributed by atoms with E-state index in [-0.39, 0.29) is 17.2 Å². The number of fused-ring (bicyclic) bond motifs is 1. The third-order valence-corrected chi connectivity index (χ3v) is 2.44. The summed E-state index contributed by atoms with van der Waals surface area (Å²) in [6.07, 6.45) is 0. The maximum Gasteiger partial charge on any atom is 0.281 e. The van der Waals surface area contributed by atoms with E-state index < -0.39 is 4.92 Å². The molecular weight excluding hydrogens is 222 g/mol. The number of phenols is 1. The number of phenolic OH excluding ortho intramolecular Hbond substituents is 1. The lowest BCUT2D eigenvalue weighted by Crippen LogP contribution is -1.96. The van der Waals surface area contributed by atoms with Crippen LogP contribution in [-0.2, 0) is 0 Å². The second-order valence-electron chi connectivity index (χ2n) is 3.48. The normalized spacial score (nSPS) is 10.4. The van der Waals surface area contributed by atoms with Gasteiger partial charge in [0.15, 0.2) is 11.5 Å². The van der Waals surface area contributed by atoms with E-state index in [1.807, 2.05) is 0 Å². The highest BCUT2D eigenvalue weighted by Gasteiger charge is 2.18. The van der Waals surface area contributed by atoms with Gasteiger partial charge in [0.1, 0.15) is 0 Å². The van der Waals surface area contributed by atoms with Crippen LogP contribution in [-0.4, -0.2) is 16.6 Å². The number of rotatable bonds is 3. The summed E-state index contributed by atoms with van der Waals surface area (Å²) in [5.41, 5.74) is -0.124. The van der Waals surface area contributed by atoms with Crippen LogP contribution in [0, 0.1) is 10.1 Å². The lowest BCUT2D eigenvalue weighted by molar-refractivity contribution is -0.383. The molecule has 0 bridgehead atoms. The van der Waals surface area contributed by atoms with Gasteiger partial charge >= 0.3 is 0 Å². The van der Waals surface area contributed by atoms with Gasteiger partial charge in [-0.3, -0.25) is 10.1 Å². The van der Waals surface area contributed by atoms with E-state index >= 15 is 0 Å². The fraction of sp³-hybridized carbons (Fsp3) is 0.167. The summed E-state index contributed by atoms with van der Waals surface area (Å²) in [4.78, 5) is 10.4. The zero-order valence-electron chi connectivity index (χ0n) is 9.21. The fourth-order valence-corrected chi connectivity index (χ4v) is 1.76. The molecule has 0 unspecified atom stereocenters. The molecule has 0 aliphatic carbocycles. The number of hydrogen-bond donors (Lipinski definition) is 1. The van der Waals surface area contributed by atoms with Gasteiger partial charge in [-0.15, -0.1) is 0 Å². The first kappa shape index (κ1) is 11.2. The number of nitro benzene ring substituents is 1. The van der Waals surface area contributed by atoms with E-state index in [9.17, 15) is 15.2 Å². The van der Waals surface area contributed by atoms with Gasteiger partial charge in [-0.1, -0.05) is 18.2 Å². The Morgan fingerprint density at radius 3 is 2.59 bits per heavy atom. The van der Waals surface area contributed by atoms with Crippen molar-refractivity contribution in [1.82, 2.24) is 0 Å². The Morgan fingerprint density at radius 1 is 1.35 bits per heavy atom. The average molecular weight is 233 g/mol. The summed E-state index contributed by atoms with van der Waals surface area (Å²) in [5, 5.41) is 21.6. The Labute approximate surface area is 97.4 Å². The standard InChI is InChI=1S/C12H11NO4/c1-2-17-12-9-6-4-3-5-8(9)10(13(15)16)7-11(12)14/h3-7,14H,2H2,1H3. The quantitative estimate of drug-likeness (QED) is 0.653. The van der Waals surface area contributed by atoms with Crippen molar-refractivity contribution < 1.29 is 14.8 Å². The minimum absolute atomic E-state index is 0.124. The predicted molar refractivity (Wildman–Crippen MR) is 63.4 cm³/mol. The maximum absolute atomic E-state index is 10.9. The number of nitro groups is 1. The summed E-state index contributed by atoms with van der Waals surface area (Å²) < 4.78 is 5.31. The lowest BCUT2D eigenvalue weighted by atomic mass is 10.1. The first-order valence-corrected chi connectivity index (χ1v) is 5.17. The highest BCUT2D eigenvalue weighted by molar-refractivity contribution is 5.97. The summed E-state index contributed by atoms with van der Waals surface area (Å²) >= 11 is 0. The van der Waals surface area contributed by atoms with E-state index in [0.717, 1.165) is 6.07 Å². The van der Waals surface area contributed by atoms with E-state index in [2.05, 4.69) is 0 Å². The van der Waals surface area contributed by atoms with Crippen molar-refractivity contribution in [1.29, 1.82) is 0 Å². The summed E-state index contributed by atoms with van der Waals surface area (Å²) in [6, 6.07) is 7.89. The van der Waals surface area contributed by atoms with Crippen molar-refractivity contribution >= 4 is 16.5 Å². The fourth-order valence-electron chi connectivity index (χ4n) is 1.76. The molecule has 5 nitrogen and oxygen atoms in total. The van der Waals surface area contributed by atoms with Gasteiger partial charge in [0.05, 0.1) is 23.0 Å². The topological polar surface area (TPSA) is 72.6 Å². The van der Waals surface area contributed by atoms with Crippen molar-refractivity contribution in [3.05, 3.63) is 40.4 Å². The predicted octanol–water partition coefficient (Wildman–Crippen LogP) is 2.85. The SMILES string of the molecule is CCOc1c(O)cc([N+](=O)[O-])c2ccccc12. The van der Waals surface area contributed by atoms with Crippen LogP contribution in [0.15, 0.2) is 30.3 Å². The minimum Gasteiger partial charge on any atom is -0.504 e. The Hall–Kier alpha value is -2.30. The second kappa shape index (κ2) is 4.29. The van der Waals surface area contributed by atoms with Crippen molar-refractivity contribution in [2.75, 3.05) is 6.61 Å². The van der Waals surface area contributed by atoms with Gasteiger partial charge < -0.3 is 9.84 Å². The molecule has 0 amide bonds. The number of benzene rings is 2. The van der Waals surface area contributed by atoms with Crippen molar-refractivity contribution in [3.8, 4) is 11.5 Å². The van der Waals surface area contributed by atoms with E-state index in [1.165, 1.54) is 0 Å². The highest BCUT2D eigenvalue weighted by Crippen LogP contribution is 2.40. The summed E-state index contributed by atoms with van der Waals surface area (Å²) in [6.45, 7) is 2.17. The van der Waals surface area contributed by atoms with Crippen LogP contribution in [0.2, 0.25) is 0 Å². The molecule has 0 aliphatic rings. The Bertz CT molecular complexity index is 580. The van der Waals surface area contributed by atoms with Crippen LogP contribution < -0.4 is 4.74 Å². The Morgan fingerprint density at radius 2 is 2.00 bits per heavy atom. The minimum atomic E-state index is -0.516. The summed E-state index contributed by atoms with van der Waals surface area (Å²) in [5.74, 6) is 0.0750. The first-order valence-electron chi connectivity index (χ1n) is 5.17. The Balaban J connectivity index is 2.81.